The third-order valence-corrected chi connectivity index (χ3v) is 4.56. The second-order valence-corrected chi connectivity index (χ2v) is 6.06. The molecule has 2 atom stereocenters. The Labute approximate surface area is 116 Å². The number of hydrogen-bond donors (Lipinski definition) is 2. The molecule has 2 heterocycles. The van der Waals surface area contributed by atoms with Crippen LogP contribution < -0.4 is 0 Å². The van der Waals surface area contributed by atoms with Crippen molar-refractivity contribution in [1.82, 2.24) is 9.80 Å². The number of rotatable bonds is 3. The molecule has 0 aromatic carbocycles. The van der Waals surface area contributed by atoms with Crippen LogP contribution in [0.5, 0.6) is 0 Å². The summed E-state index contributed by atoms with van der Waals surface area (Å²) in [5.41, 5.74) is 1.37. The highest BCUT2D eigenvalue weighted by atomic mass is 16.3. The van der Waals surface area contributed by atoms with Gasteiger partial charge in [0.2, 0.25) is 0 Å². The Morgan fingerprint density at radius 1 is 1.16 bits per heavy atom. The van der Waals surface area contributed by atoms with E-state index in [1.165, 1.54) is 5.57 Å². The summed E-state index contributed by atoms with van der Waals surface area (Å²) in [5, 5.41) is 19.9. The van der Waals surface area contributed by atoms with Gasteiger partial charge in [0.1, 0.15) is 0 Å². The molecule has 0 unspecified atom stereocenters. The summed E-state index contributed by atoms with van der Waals surface area (Å²) in [7, 11) is 0. The molecule has 4 nitrogen and oxygen atoms in total. The highest BCUT2D eigenvalue weighted by Crippen LogP contribution is 2.22. The maximum absolute atomic E-state index is 10.4. The Bertz CT molecular complexity index is 311. The number of aliphatic hydroxyl groups is 2. The average Bonchev–Trinajstić information content (AvgIpc) is 2.40. The van der Waals surface area contributed by atoms with Crippen molar-refractivity contribution in [3.8, 4) is 0 Å². The van der Waals surface area contributed by atoms with Crippen molar-refractivity contribution in [3.05, 3.63) is 11.6 Å². The van der Waals surface area contributed by atoms with E-state index in [4.69, 9.17) is 0 Å². The van der Waals surface area contributed by atoms with Crippen molar-refractivity contribution in [2.45, 2.75) is 51.4 Å². The largest absolute Gasteiger partial charge is 0.393 e. The van der Waals surface area contributed by atoms with Gasteiger partial charge in [0.15, 0.2) is 0 Å². The predicted molar refractivity (Wildman–Crippen MR) is 77.1 cm³/mol. The highest BCUT2D eigenvalue weighted by Gasteiger charge is 2.33. The van der Waals surface area contributed by atoms with Crippen LogP contribution in [0.3, 0.4) is 0 Å². The number of aliphatic hydroxyl groups excluding tert-OH is 2. The molecule has 0 aliphatic carbocycles. The second-order valence-electron chi connectivity index (χ2n) is 6.06. The molecule has 0 bridgehead atoms. The average molecular weight is 268 g/mol. The van der Waals surface area contributed by atoms with Crippen LogP contribution in [0.15, 0.2) is 11.6 Å². The molecule has 2 rings (SSSR count). The Morgan fingerprint density at radius 2 is 1.84 bits per heavy atom. The molecule has 19 heavy (non-hydrogen) atoms. The Balaban J connectivity index is 1.83. The molecule has 0 spiro atoms. The van der Waals surface area contributed by atoms with E-state index in [0.717, 1.165) is 52.0 Å². The van der Waals surface area contributed by atoms with Crippen molar-refractivity contribution in [2.24, 2.45) is 0 Å². The minimum absolute atomic E-state index is 0.133. The summed E-state index contributed by atoms with van der Waals surface area (Å²) >= 11 is 0. The summed E-state index contributed by atoms with van der Waals surface area (Å²) in [6.45, 7) is 8.87. The van der Waals surface area contributed by atoms with E-state index in [1.54, 1.807) is 0 Å². The molecule has 2 fully saturated rings. The Kier molecular flexibility index (Phi) is 5.39. The first-order chi connectivity index (χ1) is 9.10. The number of likely N-dealkylation sites (tertiary alicyclic amines) is 2. The quantitative estimate of drug-likeness (QED) is 0.745. The third kappa shape index (κ3) is 4.02. The molecule has 0 aromatic heterocycles. The zero-order chi connectivity index (χ0) is 13.8. The number of β-amino-alcohol motifs (C(OH)–C–C–N with tert-alkyl or cyclic N) is 1. The lowest BCUT2D eigenvalue weighted by molar-refractivity contribution is -0.0319. The van der Waals surface area contributed by atoms with Crippen molar-refractivity contribution >= 4 is 0 Å². The fourth-order valence-corrected chi connectivity index (χ4v) is 3.22. The molecule has 2 N–H and O–H groups in total. The van der Waals surface area contributed by atoms with Gasteiger partial charge >= 0.3 is 0 Å². The van der Waals surface area contributed by atoms with Crippen LogP contribution in [0.1, 0.15) is 33.1 Å². The van der Waals surface area contributed by atoms with Gasteiger partial charge in [-0.15, -0.1) is 0 Å². The molecular formula is C15H28N2O2. The summed E-state index contributed by atoms with van der Waals surface area (Å²) in [5.74, 6) is 0. The third-order valence-electron chi connectivity index (χ3n) is 4.56. The monoisotopic (exact) mass is 268 g/mol. The van der Waals surface area contributed by atoms with Gasteiger partial charge in [0.25, 0.3) is 0 Å². The van der Waals surface area contributed by atoms with Crippen LogP contribution in [0, 0.1) is 0 Å². The summed E-state index contributed by atoms with van der Waals surface area (Å²) < 4.78 is 0. The lowest BCUT2D eigenvalue weighted by atomic mass is 9.96. The number of hydrogen-bond acceptors (Lipinski definition) is 4. The van der Waals surface area contributed by atoms with E-state index in [1.807, 2.05) is 0 Å². The normalized spacial score (nSPS) is 32.7. The van der Waals surface area contributed by atoms with Crippen LogP contribution in [0.4, 0.5) is 0 Å². The van der Waals surface area contributed by atoms with Crippen molar-refractivity contribution in [1.29, 1.82) is 0 Å². The van der Waals surface area contributed by atoms with E-state index in [0.29, 0.717) is 0 Å². The lowest BCUT2D eigenvalue weighted by Gasteiger charge is -2.43. The van der Waals surface area contributed by atoms with Crippen LogP contribution in [0.2, 0.25) is 0 Å². The van der Waals surface area contributed by atoms with Gasteiger partial charge in [-0.1, -0.05) is 11.6 Å². The second kappa shape index (κ2) is 6.84. The van der Waals surface area contributed by atoms with E-state index >= 15 is 0 Å². The maximum atomic E-state index is 10.4. The maximum Gasteiger partial charge on any atom is 0.0822 e. The Hall–Kier alpha value is -0.420. The Morgan fingerprint density at radius 3 is 2.42 bits per heavy atom. The smallest absolute Gasteiger partial charge is 0.0822 e. The zero-order valence-electron chi connectivity index (χ0n) is 12.3. The molecule has 4 heteroatoms. The zero-order valence-corrected chi connectivity index (χ0v) is 12.3. The molecule has 0 aromatic rings. The van der Waals surface area contributed by atoms with Crippen LogP contribution in [0.25, 0.3) is 0 Å². The van der Waals surface area contributed by atoms with Gasteiger partial charge in [-0.3, -0.25) is 9.80 Å². The minimum Gasteiger partial charge on any atom is -0.393 e. The topological polar surface area (TPSA) is 46.9 Å². The first kappa shape index (κ1) is 15.0. The molecule has 0 radical (unpaired) electrons. The van der Waals surface area contributed by atoms with Crippen LogP contribution in [-0.2, 0) is 0 Å². The van der Waals surface area contributed by atoms with Crippen LogP contribution >= 0.6 is 0 Å². The molecular weight excluding hydrogens is 240 g/mol. The van der Waals surface area contributed by atoms with Gasteiger partial charge < -0.3 is 10.2 Å². The summed E-state index contributed by atoms with van der Waals surface area (Å²) in [6, 6.07) is 0.287. The number of allylic oxidation sites excluding steroid dienone is 1. The summed E-state index contributed by atoms with van der Waals surface area (Å²) in [4.78, 5) is 4.71. The number of piperidine rings is 2. The highest BCUT2D eigenvalue weighted by molar-refractivity contribution is 5.00. The molecule has 110 valence electrons. The summed E-state index contributed by atoms with van der Waals surface area (Å²) in [6.07, 6.45) is 4.49. The fraction of sp³-hybridized carbons (Fsp3) is 0.867. The van der Waals surface area contributed by atoms with Gasteiger partial charge in [0.05, 0.1) is 12.2 Å². The van der Waals surface area contributed by atoms with E-state index in [-0.39, 0.29) is 18.2 Å². The first-order valence-electron chi connectivity index (χ1n) is 7.54. The van der Waals surface area contributed by atoms with Crippen LogP contribution in [-0.4, -0.2) is 71.0 Å². The molecule has 2 aliphatic heterocycles. The van der Waals surface area contributed by atoms with Gasteiger partial charge in [-0.25, -0.2) is 0 Å². The molecule has 2 aliphatic rings. The predicted octanol–water partition coefficient (Wildman–Crippen LogP) is 0.845. The minimum atomic E-state index is -0.256. The van der Waals surface area contributed by atoms with E-state index < -0.39 is 0 Å². The fourth-order valence-electron chi connectivity index (χ4n) is 3.22. The van der Waals surface area contributed by atoms with Crippen molar-refractivity contribution in [2.75, 3.05) is 32.7 Å². The molecule has 0 amide bonds. The van der Waals surface area contributed by atoms with E-state index in [9.17, 15) is 10.2 Å². The van der Waals surface area contributed by atoms with Gasteiger partial charge in [-0.2, -0.15) is 0 Å². The van der Waals surface area contributed by atoms with Crippen molar-refractivity contribution < 1.29 is 10.2 Å². The lowest BCUT2D eigenvalue weighted by Crippen LogP contribution is -2.56. The van der Waals surface area contributed by atoms with Crippen molar-refractivity contribution in [3.63, 3.8) is 0 Å². The number of nitrogens with zero attached hydrogens (tertiary/aromatic N) is 2. The molecule has 2 saturated heterocycles. The standard InChI is InChI=1S/C15H28N2O2/c1-3-12(2)10-16-7-6-14(15(19)11-16)17-8-4-13(18)5-9-17/h3,13-15,18-19H,4-11H2,1-2H3/t14-,15-/m1/s1. The molecule has 0 saturated carbocycles. The SMILES string of the molecule is CC=C(C)CN1CC[C@@H](N2CCC(O)CC2)[C@H](O)C1. The van der Waals surface area contributed by atoms with Gasteiger partial charge in [0, 0.05) is 38.8 Å². The van der Waals surface area contributed by atoms with Gasteiger partial charge in [-0.05, 0) is 33.1 Å². The first-order valence-corrected chi connectivity index (χ1v) is 7.54. The van der Waals surface area contributed by atoms with E-state index in [2.05, 4.69) is 29.7 Å².